The van der Waals surface area contributed by atoms with Crippen molar-refractivity contribution in [2.75, 3.05) is 11.9 Å². The van der Waals surface area contributed by atoms with Gasteiger partial charge in [-0.3, -0.25) is 4.79 Å². The quantitative estimate of drug-likeness (QED) is 0.665. The molecule has 1 aromatic heterocycles. The molecular formula is C21H20N2O5S. The van der Waals surface area contributed by atoms with Crippen LogP contribution in [-0.4, -0.2) is 31.2 Å². The van der Waals surface area contributed by atoms with Crippen LogP contribution in [0.4, 0.5) is 5.69 Å². The monoisotopic (exact) mass is 412 g/mol. The molecule has 3 aromatic rings. The molecule has 1 fully saturated rings. The molecule has 1 aliphatic heterocycles. The highest BCUT2D eigenvalue weighted by atomic mass is 32.2. The predicted octanol–water partition coefficient (Wildman–Crippen LogP) is 2.89. The topological polar surface area (TPSA) is 96.7 Å². The number of benzene rings is 2. The van der Waals surface area contributed by atoms with E-state index in [2.05, 4.69) is 5.32 Å². The molecule has 0 radical (unpaired) electrons. The summed E-state index contributed by atoms with van der Waals surface area (Å²) in [6.07, 6.45) is 1.07. The smallest absolute Gasteiger partial charge is 0.336 e. The lowest BCUT2D eigenvalue weighted by Gasteiger charge is -2.23. The summed E-state index contributed by atoms with van der Waals surface area (Å²) in [7, 11) is -3.76. The Bertz CT molecular complexity index is 1230. The largest absolute Gasteiger partial charge is 0.423 e. The predicted molar refractivity (Wildman–Crippen MR) is 109 cm³/mol. The van der Waals surface area contributed by atoms with E-state index in [-0.39, 0.29) is 10.8 Å². The molecule has 0 saturated carbocycles. The third kappa shape index (κ3) is 3.81. The summed E-state index contributed by atoms with van der Waals surface area (Å²) in [6, 6.07) is 13.7. The second kappa shape index (κ2) is 7.46. The van der Waals surface area contributed by atoms with Crippen molar-refractivity contribution in [3.05, 3.63) is 70.6 Å². The van der Waals surface area contributed by atoms with Gasteiger partial charge in [0, 0.05) is 23.7 Å². The second-order valence-electron chi connectivity index (χ2n) is 7.08. The maximum Gasteiger partial charge on any atom is 0.336 e. The van der Waals surface area contributed by atoms with Gasteiger partial charge in [-0.15, -0.1) is 0 Å². The zero-order valence-corrected chi connectivity index (χ0v) is 16.6. The van der Waals surface area contributed by atoms with Crippen LogP contribution >= 0.6 is 0 Å². The molecule has 150 valence electrons. The maximum absolute atomic E-state index is 13.0. The average molecular weight is 412 g/mol. The van der Waals surface area contributed by atoms with Gasteiger partial charge in [0.25, 0.3) is 0 Å². The first-order valence-electron chi connectivity index (χ1n) is 9.28. The van der Waals surface area contributed by atoms with Gasteiger partial charge in [-0.2, -0.15) is 4.31 Å². The number of fused-ring (bicyclic) bond motifs is 1. The van der Waals surface area contributed by atoms with Crippen LogP contribution < -0.4 is 10.9 Å². The van der Waals surface area contributed by atoms with Gasteiger partial charge in [-0.05, 0) is 56.2 Å². The van der Waals surface area contributed by atoms with Gasteiger partial charge in [0.15, 0.2) is 0 Å². The molecule has 0 spiro atoms. The summed E-state index contributed by atoms with van der Waals surface area (Å²) < 4.78 is 32.4. The van der Waals surface area contributed by atoms with Crippen LogP contribution in [0.2, 0.25) is 0 Å². The molecule has 0 bridgehead atoms. The molecule has 2 aromatic carbocycles. The van der Waals surface area contributed by atoms with E-state index in [1.807, 2.05) is 6.92 Å². The summed E-state index contributed by atoms with van der Waals surface area (Å²) in [4.78, 5) is 24.3. The maximum atomic E-state index is 13.0. The van der Waals surface area contributed by atoms with Crippen molar-refractivity contribution in [3.8, 4) is 0 Å². The van der Waals surface area contributed by atoms with Crippen LogP contribution in [0.5, 0.6) is 0 Å². The number of carbonyl (C=O) groups excluding carboxylic acids is 1. The number of aryl methyl sites for hydroxylation is 1. The van der Waals surface area contributed by atoms with Gasteiger partial charge < -0.3 is 9.73 Å². The lowest BCUT2D eigenvalue weighted by molar-refractivity contribution is -0.119. The Balaban J connectivity index is 1.57. The molecule has 1 atom stereocenters. The van der Waals surface area contributed by atoms with Crippen LogP contribution in [0.15, 0.2) is 68.7 Å². The van der Waals surface area contributed by atoms with Crippen molar-refractivity contribution in [1.82, 2.24) is 4.31 Å². The molecule has 1 saturated heterocycles. The Hall–Kier alpha value is -2.97. The summed E-state index contributed by atoms with van der Waals surface area (Å²) in [5.41, 5.74) is 1.44. The number of hydrogen-bond acceptors (Lipinski definition) is 5. The van der Waals surface area contributed by atoms with Crippen molar-refractivity contribution in [2.45, 2.75) is 30.7 Å². The van der Waals surface area contributed by atoms with E-state index in [1.54, 1.807) is 48.5 Å². The molecule has 4 rings (SSSR count). The van der Waals surface area contributed by atoms with E-state index in [0.29, 0.717) is 36.0 Å². The second-order valence-corrected chi connectivity index (χ2v) is 8.97. The molecule has 29 heavy (non-hydrogen) atoms. The molecule has 1 N–H and O–H groups in total. The Labute approximate surface area is 168 Å². The summed E-state index contributed by atoms with van der Waals surface area (Å²) in [5, 5.41) is 3.45. The Morgan fingerprint density at radius 1 is 1.10 bits per heavy atom. The fourth-order valence-corrected chi connectivity index (χ4v) is 5.17. The number of amides is 1. The average Bonchev–Trinajstić information content (AvgIpc) is 3.19. The van der Waals surface area contributed by atoms with Crippen molar-refractivity contribution >= 4 is 32.6 Å². The van der Waals surface area contributed by atoms with Crippen LogP contribution in [-0.2, 0) is 14.8 Å². The Kier molecular flexibility index (Phi) is 4.97. The zero-order valence-electron chi connectivity index (χ0n) is 15.8. The summed E-state index contributed by atoms with van der Waals surface area (Å²) in [6.45, 7) is 2.19. The van der Waals surface area contributed by atoms with Crippen molar-refractivity contribution in [3.63, 3.8) is 0 Å². The van der Waals surface area contributed by atoms with Crippen LogP contribution in [0, 0.1) is 6.92 Å². The van der Waals surface area contributed by atoms with Gasteiger partial charge in [-0.1, -0.05) is 17.7 Å². The Morgan fingerprint density at radius 2 is 1.86 bits per heavy atom. The number of nitrogens with one attached hydrogen (secondary N) is 1. The van der Waals surface area contributed by atoms with Gasteiger partial charge in [0.1, 0.15) is 11.6 Å². The van der Waals surface area contributed by atoms with Gasteiger partial charge in [0.2, 0.25) is 15.9 Å². The molecule has 0 unspecified atom stereocenters. The number of nitrogens with zero attached hydrogens (tertiary/aromatic N) is 1. The van der Waals surface area contributed by atoms with Crippen molar-refractivity contribution in [2.24, 2.45) is 0 Å². The minimum atomic E-state index is -3.76. The first kappa shape index (κ1) is 19.4. The summed E-state index contributed by atoms with van der Waals surface area (Å²) >= 11 is 0. The molecule has 1 aliphatic rings. The zero-order chi connectivity index (χ0) is 20.6. The van der Waals surface area contributed by atoms with E-state index < -0.39 is 21.7 Å². The lowest BCUT2D eigenvalue weighted by Crippen LogP contribution is -2.43. The van der Waals surface area contributed by atoms with E-state index in [4.69, 9.17) is 4.42 Å². The van der Waals surface area contributed by atoms with Crippen LogP contribution in [0.3, 0.4) is 0 Å². The Morgan fingerprint density at radius 3 is 2.62 bits per heavy atom. The SMILES string of the molecule is Cc1ccc(S(=O)(=O)N2CCC[C@H]2C(=O)Nc2ccc3oc(=O)ccc3c2)cc1. The minimum Gasteiger partial charge on any atom is -0.423 e. The van der Waals surface area contributed by atoms with E-state index >= 15 is 0 Å². The number of carbonyl (C=O) groups is 1. The van der Waals surface area contributed by atoms with Crippen LogP contribution in [0.25, 0.3) is 11.0 Å². The summed E-state index contributed by atoms with van der Waals surface area (Å²) in [5.74, 6) is -0.380. The first-order valence-corrected chi connectivity index (χ1v) is 10.7. The van der Waals surface area contributed by atoms with Gasteiger partial charge >= 0.3 is 5.63 Å². The first-order chi connectivity index (χ1) is 13.8. The van der Waals surface area contributed by atoms with Crippen molar-refractivity contribution < 1.29 is 17.6 Å². The molecule has 2 heterocycles. The number of anilines is 1. The van der Waals surface area contributed by atoms with E-state index in [1.165, 1.54) is 10.4 Å². The highest BCUT2D eigenvalue weighted by Crippen LogP contribution is 2.27. The third-order valence-electron chi connectivity index (χ3n) is 5.02. The molecule has 0 aliphatic carbocycles. The standard InChI is InChI=1S/C21H20N2O5S/c1-14-4-8-17(9-5-14)29(26,27)23-12-2-3-18(23)21(25)22-16-7-10-19-15(13-16)6-11-20(24)28-19/h4-11,13,18H,2-3,12H2,1H3,(H,22,25)/t18-/m0/s1. The minimum absolute atomic E-state index is 0.184. The van der Waals surface area contributed by atoms with Crippen molar-refractivity contribution in [1.29, 1.82) is 0 Å². The molecule has 7 nitrogen and oxygen atoms in total. The molecule has 1 amide bonds. The normalized spacial score (nSPS) is 17.5. The number of sulfonamides is 1. The van der Waals surface area contributed by atoms with Crippen LogP contribution in [0.1, 0.15) is 18.4 Å². The van der Waals surface area contributed by atoms with Gasteiger partial charge in [-0.25, -0.2) is 13.2 Å². The number of hydrogen-bond donors (Lipinski definition) is 1. The lowest BCUT2D eigenvalue weighted by atomic mass is 10.2. The van der Waals surface area contributed by atoms with Gasteiger partial charge in [0.05, 0.1) is 4.90 Å². The molecular weight excluding hydrogens is 392 g/mol. The van der Waals surface area contributed by atoms with E-state index in [9.17, 15) is 18.0 Å². The highest BCUT2D eigenvalue weighted by Gasteiger charge is 2.39. The number of rotatable bonds is 4. The third-order valence-corrected chi connectivity index (χ3v) is 6.94. The fraction of sp³-hybridized carbons (Fsp3) is 0.238. The highest BCUT2D eigenvalue weighted by molar-refractivity contribution is 7.89. The molecule has 8 heteroatoms. The van der Waals surface area contributed by atoms with E-state index in [0.717, 1.165) is 5.56 Å². The fourth-order valence-electron chi connectivity index (χ4n) is 3.51.